The van der Waals surface area contributed by atoms with Crippen molar-refractivity contribution >= 4 is 11.6 Å². The molecule has 0 spiro atoms. The van der Waals surface area contributed by atoms with Gasteiger partial charge in [0.25, 0.3) is 0 Å². The van der Waals surface area contributed by atoms with Crippen LogP contribution in [0.4, 0.5) is 4.39 Å². The van der Waals surface area contributed by atoms with Crippen LogP contribution in [0.2, 0.25) is 5.02 Å². The molecule has 166 valence electrons. The first kappa shape index (κ1) is 21.1. The molecule has 5 heteroatoms. The van der Waals surface area contributed by atoms with Gasteiger partial charge < -0.3 is 14.8 Å². The Bertz CT molecular complexity index is 912. The van der Waals surface area contributed by atoms with Crippen molar-refractivity contribution in [1.29, 1.82) is 0 Å². The van der Waals surface area contributed by atoms with Crippen LogP contribution in [0.15, 0.2) is 36.4 Å². The smallest absolute Gasteiger partial charge is 0.163 e. The molecule has 3 nitrogen and oxygen atoms in total. The van der Waals surface area contributed by atoms with Crippen molar-refractivity contribution in [2.24, 2.45) is 17.8 Å². The summed E-state index contributed by atoms with van der Waals surface area (Å²) in [5.74, 6) is 3.65. The van der Waals surface area contributed by atoms with E-state index in [2.05, 4.69) is 5.32 Å². The summed E-state index contributed by atoms with van der Waals surface area (Å²) in [6, 6.07) is 10.4. The van der Waals surface area contributed by atoms with E-state index < -0.39 is 0 Å². The molecular formula is C26H31ClFNO2. The second-order valence-electron chi connectivity index (χ2n) is 9.75. The van der Waals surface area contributed by atoms with Crippen molar-refractivity contribution in [2.45, 2.75) is 64.1 Å². The summed E-state index contributed by atoms with van der Waals surface area (Å²) in [5.41, 5.74) is 1.82. The molecule has 31 heavy (non-hydrogen) atoms. The molecule has 6 rings (SSSR count). The van der Waals surface area contributed by atoms with E-state index in [0.29, 0.717) is 28.7 Å². The molecule has 0 amide bonds. The van der Waals surface area contributed by atoms with Gasteiger partial charge in [-0.2, -0.15) is 0 Å². The zero-order valence-electron chi connectivity index (χ0n) is 18.1. The van der Waals surface area contributed by atoms with Gasteiger partial charge in [-0.1, -0.05) is 29.8 Å². The van der Waals surface area contributed by atoms with Gasteiger partial charge in [0.15, 0.2) is 11.5 Å². The first-order chi connectivity index (χ1) is 15.0. The van der Waals surface area contributed by atoms with E-state index in [0.717, 1.165) is 29.9 Å². The summed E-state index contributed by atoms with van der Waals surface area (Å²) in [6.45, 7) is 3.34. The highest BCUT2D eigenvalue weighted by molar-refractivity contribution is 6.31. The average molecular weight is 444 g/mol. The molecule has 0 aromatic heterocycles. The summed E-state index contributed by atoms with van der Waals surface area (Å²) in [7, 11) is 0. The minimum atomic E-state index is -0.275. The average Bonchev–Trinajstić information content (AvgIpc) is 2.73. The highest BCUT2D eigenvalue weighted by atomic mass is 35.5. The first-order valence-corrected chi connectivity index (χ1v) is 12.0. The molecule has 0 heterocycles. The molecule has 0 atom stereocenters. The maximum absolute atomic E-state index is 13.9. The van der Waals surface area contributed by atoms with Gasteiger partial charge in [0.1, 0.15) is 12.4 Å². The molecule has 0 unspecified atom stereocenters. The van der Waals surface area contributed by atoms with Gasteiger partial charge in [-0.25, -0.2) is 4.39 Å². The third kappa shape index (κ3) is 4.42. The van der Waals surface area contributed by atoms with Crippen LogP contribution >= 0.6 is 11.6 Å². The Labute approximate surface area is 189 Å². The normalized spacial score (nSPS) is 28.7. The number of rotatable bonds is 8. The van der Waals surface area contributed by atoms with Crippen molar-refractivity contribution in [1.82, 2.24) is 5.32 Å². The molecular weight excluding hydrogens is 413 g/mol. The number of nitrogens with one attached hydrogen (secondary N) is 1. The summed E-state index contributed by atoms with van der Waals surface area (Å²) < 4.78 is 25.7. The van der Waals surface area contributed by atoms with E-state index in [1.54, 1.807) is 18.2 Å². The predicted molar refractivity (Wildman–Crippen MR) is 121 cm³/mol. The number of hydrogen-bond acceptors (Lipinski definition) is 3. The van der Waals surface area contributed by atoms with Crippen LogP contribution in [-0.2, 0) is 13.2 Å². The predicted octanol–water partition coefficient (Wildman–Crippen LogP) is 6.52. The van der Waals surface area contributed by atoms with Crippen LogP contribution in [0.25, 0.3) is 0 Å². The van der Waals surface area contributed by atoms with E-state index in [-0.39, 0.29) is 18.0 Å². The molecule has 4 fully saturated rings. The van der Waals surface area contributed by atoms with E-state index in [9.17, 15) is 4.39 Å². The number of halogens is 2. The quantitative estimate of drug-likeness (QED) is 0.504. The van der Waals surface area contributed by atoms with Gasteiger partial charge in [-0.15, -0.1) is 0 Å². The first-order valence-electron chi connectivity index (χ1n) is 11.6. The van der Waals surface area contributed by atoms with E-state index in [1.165, 1.54) is 44.6 Å². The third-order valence-corrected chi connectivity index (χ3v) is 7.80. The molecule has 1 N–H and O–H groups in total. The number of hydrogen-bond donors (Lipinski definition) is 1. The molecule has 4 bridgehead atoms. The lowest BCUT2D eigenvalue weighted by Crippen LogP contribution is -2.58. The minimum absolute atomic E-state index is 0.133. The lowest BCUT2D eigenvalue weighted by atomic mass is 9.53. The topological polar surface area (TPSA) is 30.5 Å². The Kier molecular flexibility index (Phi) is 5.87. The van der Waals surface area contributed by atoms with E-state index >= 15 is 0 Å². The Morgan fingerprint density at radius 1 is 0.968 bits per heavy atom. The van der Waals surface area contributed by atoms with Crippen molar-refractivity contribution in [2.75, 3.05) is 6.61 Å². The van der Waals surface area contributed by atoms with Crippen molar-refractivity contribution in [3.63, 3.8) is 0 Å². The fraction of sp³-hybridized carbons (Fsp3) is 0.538. The minimum Gasteiger partial charge on any atom is -0.490 e. The van der Waals surface area contributed by atoms with Gasteiger partial charge >= 0.3 is 0 Å². The summed E-state index contributed by atoms with van der Waals surface area (Å²) in [4.78, 5) is 0. The molecule has 2 aromatic rings. The molecule has 4 aliphatic rings. The highest BCUT2D eigenvalue weighted by Gasteiger charge is 2.50. The van der Waals surface area contributed by atoms with Crippen LogP contribution in [0, 0.1) is 23.6 Å². The van der Waals surface area contributed by atoms with Crippen molar-refractivity contribution in [3.05, 3.63) is 58.4 Å². The number of benzene rings is 2. The second-order valence-corrected chi connectivity index (χ2v) is 10.2. The Morgan fingerprint density at radius 3 is 2.26 bits per heavy atom. The fourth-order valence-corrected chi connectivity index (χ4v) is 6.70. The van der Waals surface area contributed by atoms with Crippen LogP contribution in [0.3, 0.4) is 0 Å². The Balaban J connectivity index is 1.30. The number of ether oxygens (including phenoxy) is 2. The fourth-order valence-electron chi connectivity index (χ4n) is 6.47. The summed E-state index contributed by atoms with van der Waals surface area (Å²) in [6.07, 6.45) is 8.22. The van der Waals surface area contributed by atoms with Gasteiger partial charge in [0.2, 0.25) is 0 Å². The third-order valence-electron chi connectivity index (χ3n) is 7.45. The van der Waals surface area contributed by atoms with Crippen molar-refractivity contribution < 1.29 is 13.9 Å². The van der Waals surface area contributed by atoms with E-state index in [4.69, 9.17) is 21.1 Å². The maximum atomic E-state index is 13.9. The summed E-state index contributed by atoms with van der Waals surface area (Å²) >= 11 is 6.65. The van der Waals surface area contributed by atoms with Crippen LogP contribution in [-0.4, -0.2) is 12.1 Å². The lowest BCUT2D eigenvalue weighted by Gasteiger charge is -2.57. The lowest BCUT2D eigenvalue weighted by molar-refractivity contribution is -0.0206. The zero-order valence-corrected chi connectivity index (χ0v) is 18.9. The van der Waals surface area contributed by atoms with Crippen molar-refractivity contribution in [3.8, 4) is 11.5 Å². The summed E-state index contributed by atoms with van der Waals surface area (Å²) in [5, 5.41) is 4.56. The van der Waals surface area contributed by atoms with Gasteiger partial charge in [0, 0.05) is 28.7 Å². The zero-order chi connectivity index (χ0) is 21.4. The van der Waals surface area contributed by atoms with Crippen LogP contribution < -0.4 is 14.8 Å². The Hall–Kier alpha value is -1.78. The largest absolute Gasteiger partial charge is 0.490 e. The maximum Gasteiger partial charge on any atom is 0.163 e. The molecule has 4 aliphatic carbocycles. The molecule has 4 saturated carbocycles. The van der Waals surface area contributed by atoms with Crippen LogP contribution in [0.1, 0.15) is 56.6 Å². The van der Waals surface area contributed by atoms with E-state index in [1.807, 2.05) is 19.1 Å². The standard InChI is InChI=1S/C26H31ClFNO2/c1-2-30-24-10-21(15-29-26-12-17-7-18(13-26)9-19(8-17)14-26)22(27)11-25(24)31-16-20-5-3-4-6-23(20)28/h3-6,10-11,17-19,29H,2,7-9,12-16H2,1H3. The molecule has 2 aromatic carbocycles. The second kappa shape index (κ2) is 8.63. The van der Waals surface area contributed by atoms with Crippen LogP contribution in [0.5, 0.6) is 11.5 Å². The van der Waals surface area contributed by atoms with Gasteiger partial charge in [0.05, 0.1) is 6.61 Å². The monoisotopic (exact) mass is 443 g/mol. The van der Waals surface area contributed by atoms with Gasteiger partial charge in [-0.05, 0) is 80.9 Å². The highest BCUT2D eigenvalue weighted by Crippen LogP contribution is 2.55. The molecule has 0 radical (unpaired) electrons. The molecule has 0 aliphatic heterocycles. The Morgan fingerprint density at radius 2 is 1.61 bits per heavy atom. The SMILES string of the molecule is CCOc1cc(CNC23CC4CC(CC(C4)C2)C3)c(Cl)cc1OCc1ccccc1F. The molecule has 0 saturated heterocycles. The van der Waals surface area contributed by atoms with Gasteiger partial charge in [-0.3, -0.25) is 0 Å².